The Labute approximate surface area is 103 Å². The standard InChI is InChI=1S/C10H19N3O3S/c1-10(2)13(5-3-4-11)17(14,15)12-6-8-16-9-7-12/h10H,3,5-9H2,1-2H3. The van der Waals surface area contributed by atoms with Crippen molar-refractivity contribution in [1.82, 2.24) is 8.61 Å². The average Bonchev–Trinajstić information content (AvgIpc) is 2.30. The van der Waals surface area contributed by atoms with Crippen LogP contribution in [0.15, 0.2) is 0 Å². The van der Waals surface area contributed by atoms with E-state index in [1.54, 1.807) is 0 Å². The maximum absolute atomic E-state index is 12.3. The number of ether oxygens (including phenoxy) is 1. The first-order chi connectivity index (χ1) is 8.00. The first kappa shape index (κ1) is 14.4. The first-order valence-corrected chi connectivity index (χ1v) is 7.11. The molecule has 0 atom stereocenters. The van der Waals surface area contributed by atoms with Crippen molar-refractivity contribution < 1.29 is 13.2 Å². The summed E-state index contributed by atoms with van der Waals surface area (Å²) in [6.07, 6.45) is 0.210. The summed E-state index contributed by atoms with van der Waals surface area (Å²) in [5.74, 6) is 0. The fraction of sp³-hybridized carbons (Fsp3) is 0.900. The smallest absolute Gasteiger partial charge is 0.282 e. The van der Waals surface area contributed by atoms with E-state index in [0.717, 1.165) is 0 Å². The molecule has 6 nitrogen and oxygen atoms in total. The molecule has 0 spiro atoms. The van der Waals surface area contributed by atoms with Crippen LogP contribution in [-0.4, -0.2) is 55.9 Å². The van der Waals surface area contributed by atoms with Crippen LogP contribution in [0.3, 0.4) is 0 Å². The normalized spacial score (nSPS) is 18.5. The van der Waals surface area contributed by atoms with Crippen LogP contribution in [0.4, 0.5) is 0 Å². The third-order valence-electron chi connectivity index (χ3n) is 2.61. The van der Waals surface area contributed by atoms with E-state index in [2.05, 4.69) is 0 Å². The quantitative estimate of drug-likeness (QED) is 0.708. The molecule has 0 radical (unpaired) electrons. The summed E-state index contributed by atoms with van der Waals surface area (Å²) in [4.78, 5) is 0. The molecular weight excluding hydrogens is 242 g/mol. The first-order valence-electron chi connectivity index (χ1n) is 5.71. The van der Waals surface area contributed by atoms with Crippen molar-refractivity contribution >= 4 is 10.2 Å². The summed E-state index contributed by atoms with van der Waals surface area (Å²) in [5, 5.41) is 8.57. The highest BCUT2D eigenvalue weighted by Gasteiger charge is 2.32. The molecule has 1 rings (SSSR count). The lowest BCUT2D eigenvalue weighted by Gasteiger charge is -2.33. The van der Waals surface area contributed by atoms with Gasteiger partial charge < -0.3 is 4.74 Å². The van der Waals surface area contributed by atoms with Crippen molar-refractivity contribution in [1.29, 1.82) is 5.26 Å². The fourth-order valence-electron chi connectivity index (χ4n) is 1.73. The van der Waals surface area contributed by atoms with Gasteiger partial charge in [0, 0.05) is 32.1 Å². The molecule has 0 aromatic rings. The lowest BCUT2D eigenvalue weighted by molar-refractivity contribution is 0.0695. The zero-order chi connectivity index (χ0) is 12.9. The Morgan fingerprint density at radius 1 is 1.41 bits per heavy atom. The van der Waals surface area contributed by atoms with E-state index in [0.29, 0.717) is 26.3 Å². The summed E-state index contributed by atoms with van der Waals surface area (Å²) in [5.41, 5.74) is 0. The second-order valence-electron chi connectivity index (χ2n) is 4.13. The third kappa shape index (κ3) is 3.64. The second-order valence-corrected chi connectivity index (χ2v) is 6.01. The number of nitrogens with zero attached hydrogens (tertiary/aromatic N) is 3. The Balaban J connectivity index is 2.79. The largest absolute Gasteiger partial charge is 0.379 e. The van der Waals surface area contributed by atoms with Gasteiger partial charge in [0.2, 0.25) is 0 Å². The molecule has 1 heterocycles. The van der Waals surface area contributed by atoms with Crippen molar-refractivity contribution in [3.05, 3.63) is 0 Å². The molecule has 0 aliphatic carbocycles. The highest BCUT2D eigenvalue weighted by atomic mass is 32.2. The molecule has 1 saturated heterocycles. The number of morpholine rings is 1. The van der Waals surface area contributed by atoms with Crippen LogP contribution in [0.1, 0.15) is 20.3 Å². The van der Waals surface area contributed by atoms with Gasteiger partial charge in [-0.1, -0.05) is 0 Å². The van der Waals surface area contributed by atoms with Gasteiger partial charge in [0.25, 0.3) is 10.2 Å². The predicted molar refractivity (Wildman–Crippen MR) is 63.4 cm³/mol. The average molecular weight is 261 g/mol. The molecule has 0 bridgehead atoms. The number of hydrogen-bond donors (Lipinski definition) is 0. The van der Waals surface area contributed by atoms with E-state index < -0.39 is 10.2 Å². The summed E-state index contributed by atoms with van der Waals surface area (Å²) >= 11 is 0. The minimum absolute atomic E-state index is 0.142. The SMILES string of the molecule is CC(C)N(CCC#N)S(=O)(=O)N1CCOCC1. The fourth-order valence-corrected chi connectivity index (χ4v) is 3.49. The topological polar surface area (TPSA) is 73.6 Å². The maximum Gasteiger partial charge on any atom is 0.282 e. The molecule has 1 fully saturated rings. The Kier molecular flexibility index (Phi) is 5.33. The molecule has 98 valence electrons. The summed E-state index contributed by atoms with van der Waals surface area (Å²) in [6.45, 7) is 5.52. The van der Waals surface area contributed by atoms with Crippen molar-refractivity contribution in [2.45, 2.75) is 26.3 Å². The summed E-state index contributed by atoms with van der Waals surface area (Å²) < 4.78 is 32.6. The van der Waals surface area contributed by atoms with Gasteiger partial charge in [0.05, 0.1) is 19.3 Å². The Morgan fingerprint density at radius 3 is 2.47 bits per heavy atom. The van der Waals surface area contributed by atoms with Crippen LogP contribution in [0.5, 0.6) is 0 Å². The molecule has 0 saturated carbocycles. The molecule has 17 heavy (non-hydrogen) atoms. The van der Waals surface area contributed by atoms with Gasteiger partial charge in [-0.25, -0.2) is 0 Å². The van der Waals surface area contributed by atoms with E-state index in [-0.39, 0.29) is 19.0 Å². The molecule has 0 amide bonds. The molecular formula is C10H19N3O3S. The summed E-state index contributed by atoms with van der Waals surface area (Å²) in [7, 11) is -3.46. The Morgan fingerprint density at radius 2 is 2.00 bits per heavy atom. The van der Waals surface area contributed by atoms with Crippen molar-refractivity contribution in [2.75, 3.05) is 32.8 Å². The van der Waals surface area contributed by atoms with Gasteiger partial charge in [-0.15, -0.1) is 0 Å². The molecule has 0 aromatic carbocycles. The number of nitriles is 1. The Hall–Kier alpha value is -0.680. The molecule has 0 N–H and O–H groups in total. The zero-order valence-electron chi connectivity index (χ0n) is 10.3. The second kappa shape index (κ2) is 6.31. The van der Waals surface area contributed by atoms with Crippen molar-refractivity contribution in [3.8, 4) is 6.07 Å². The third-order valence-corrected chi connectivity index (χ3v) is 4.83. The minimum atomic E-state index is -3.46. The van der Waals surface area contributed by atoms with Gasteiger partial charge in [0.1, 0.15) is 0 Å². The van der Waals surface area contributed by atoms with Crippen LogP contribution in [0.25, 0.3) is 0 Å². The Bertz CT molecular complexity index is 369. The highest BCUT2D eigenvalue weighted by molar-refractivity contribution is 7.86. The molecule has 0 unspecified atom stereocenters. The van der Waals surface area contributed by atoms with Gasteiger partial charge in [-0.2, -0.15) is 22.3 Å². The van der Waals surface area contributed by atoms with Crippen molar-refractivity contribution in [2.24, 2.45) is 0 Å². The zero-order valence-corrected chi connectivity index (χ0v) is 11.1. The minimum Gasteiger partial charge on any atom is -0.379 e. The van der Waals surface area contributed by atoms with Gasteiger partial charge in [0.15, 0.2) is 0 Å². The molecule has 1 aliphatic rings. The van der Waals surface area contributed by atoms with Crippen LogP contribution in [0, 0.1) is 11.3 Å². The molecule has 0 aromatic heterocycles. The maximum atomic E-state index is 12.3. The van der Waals surface area contributed by atoms with Gasteiger partial charge in [-0.3, -0.25) is 0 Å². The van der Waals surface area contributed by atoms with Crippen LogP contribution >= 0.6 is 0 Å². The number of rotatable bonds is 5. The molecule has 7 heteroatoms. The molecule has 1 aliphatic heterocycles. The van der Waals surface area contributed by atoms with Crippen LogP contribution < -0.4 is 0 Å². The lowest BCUT2D eigenvalue weighted by atomic mass is 10.3. The van der Waals surface area contributed by atoms with E-state index in [1.165, 1.54) is 8.61 Å². The van der Waals surface area contributed by atoms with E-state index in [4.69, 9.17) is 10.00 Å². The summed E-state index contributed by atoms with van der Waals surface area (Å²) in [6, 6.07) is 1.84. The monoisotopic (exact) mass is 261 g/mol. The van der Waals surface area contributed by atoms with E-state index in [9.17, 15) is 8.42 Å². The van der Waals surface area contributed by atoms with E-state index in [1.807, 2.05) is 19.9 Å². The van der Waals surface area contributed by atoms with Gasteiger partial charge >= 0.3 is 0 Å². The van der Waals surface area contributed by atoms with Crippen LogP contribution in [-0.2, 0) is 14.9 Å². The van der Waals surface area contributed by atoms with Crippen LogP contribution in [0.2, 0.25) is 0 Å². The van der Waals surface area contributed by atoms with E-state index >= 15 is 0 Å². The lowest BCUT2D eigenvalue weighted by Crippen LogP contribution is -2.50. The predicted octanol–water partition coefficient (Wildman–Crippen LogP) is 0.187. The number of hydrogen-bond acceptors (Lipinski definition) is 4. The van der Waals surface area contributed by atoms with Gasteiger partial charge in [-0.05, 0) is 13.8 Å². The van der Waals surface area contributed by atoms with Crippen molar-refractivity contribution in [3.63, 3.8) is 0 Å². The highest BCUT2D eigenvalue weighted by Crippen LogP contribution is 2.14.